The average Bonchev–Trinajstić information content (AvgIpc) is 2.93. The molecule has 1 aromatic heterocycles. The lowest BCUT2D eigenvalue weighted by atomic mass is 9.79. The Hall–Kier alpha value is -0.640. The molecule has 1 aliphatic carbocycles. The van der Waals surface area contributed by atoms with Crippen LogP contribution in [0.1, 0.15) is 54.1 Å². The van der Waals surface area contributed by atoms with Crippen molar-refractivity contribution in [3.05, 3.63) is 56.2 Å². The summed E-state index contributed by atoms with van der Waals surface area (Å²) in [6, 6.07) is 11.6. The summed E-state index contributed by atoms with van der Waals surface area (Å²) >= 11 is 5.56. The molecule has 0 aliphatic heterocycles. The van der Waals surface area contributed by atoms with Gasteiger partial charge in [0.25, 0.3) is 0 Å². The summed E-state index contributed by atoms with van der Waals surface area (Å²) in [4.78, 5) is 1.44. The summed E-state index contributed by atoms with van der Waals surface area (Å²) in [5.74, 6) is 0.688. The van der Waals surface area contributed by atoms with Gasteiger partial charge in [-0.2, -0.15) is 0 Å². The zero-order valence-electron chi connectivity index (χ0n) is 12.4. The fourth-order valence-corrected chi connectivity index (χ4v) is 5.21. The van der Waals surface area contributed by atoms with E-state index in [4.69, 9.17) is 0 Å². The number of halogens is 1. The second-order valence-corrected chi connectivity index (χ2v) is 7.57. The molecule has 0 fully saturated rings. The van der Waals surface area contributed by atoms with Gasteiger partial charge in [-0.25, -0.2) is 0 Å². The van der Waals surface area contributed by atoms with Crippen molar-refractivity contribution in [2.75, 3.05) is 6.54 Å². The van der Waals surface area contributed by atoms with Gasteiger partial charge >= 0.3 is 0 Å². The number of aryl methyl sites for hydroxylation is 1. The molecule has 0 spiro atoms. The Kier molecular flexibility index (Phi) is 5.15. The van der Waals surface area contributed by atoms with E-state index in [-0.39, 0.29) is 0 Å². The van der Waals surface area contributed by atoms with Crippen molar-refractivity contribution < 1.29 is 0 Å². The molecule has 2 atom stereocenters. The summed E-state index contributed by atoms with van der Waals surface area (Å²) in [5, 5.41) is 5.86. The predicted octanol–water partition coefficient (Wildman–Crippen LogP) is 5.67. The highest BCUT2D eigenvalue weighted by molar-refractivity contribution is 9.10. The fraction of sp³-hybridized carbons (Fsp3) is 0.444. The third kappa shape index (κ3) is 3.41. The number of nitrogens with one attached hydrogen (secondary N) is 1. The maximum absolute atomic E-state index is 3.70. The molecule has 2 aromatic rings. The Bertz CT molecular complexity index is 592. The molecular formula is C18H22BrNS. The normalized spacial score (nSPS) is 19.2. The van der Waals surface area contributed by atoms with E-state index in [1.54, 1.807) is 11.1 Å². The monoisotopic (exact) mass is 363 g/mol. The van der Waals surface area contributed by atoms with Crippen molar-refractivity contribution in [3.63, 3.8) is 0 Å². The summed E-state index contributed by atoms with van der Waals surface area (Å²) < 4.78 is 1.25. The molecule has 0 bridgehead atoms. The Labute approximate surface area is 139 Å². The van der Waals surface area contributed by atoms with Gasteiger partial charge in [0.15, 0.2) is 0 Å². The second kappa shape index (κ2) is 7.08. The molecule has 1 aliphatic rings. The van der Waals surface area contributed by atoms with Gasteiger partial charge < -0.3 is 5.32 Å². The zero-order valence-corrected chi connectivity index (χ0v) is 14.8. The predicted molar refractivity (Wildman–Crippen MR) is 95.2 cm³/mol. The molecule has 2 unspecified atom stereocenters. The Morgan fingerprint density at radius 2 is 2.19 bits per heavy atom. The van der Waals surface area contributed by atoms with Gasteiger partial charge in [-0.15, -0.1) is 11.3 Å². The molecule has 21 heavy (non-hydrogen) atoms. The Morgan fingerprint density at radius 3 is 2.95 bits per heavy atom. The SMILES string of the molecule is CCNC(CC1CCCc2ccccc21)c1sccc1Br. The van der Waals surface area contributed by atoms with Crippen molar-refractivity contribution in [1.29, 1.82) is 0 Å². The van der Waals surface area contributed by atoms with Crippen LogP contribution in [-0.2, 0) is 6.42 Å². The number of fused-ring (bicyclic) bond motifs is 1. The van der Waals surface area contributed by atoms with Gasteiger partial charge in [-0.05, 0) is 76.6 Å². The summed E-state index contributed by atoms with van der Waals surface area (Å²) in [5.41, 5.74) is 3.15. The van der Waals surface area contributed by atoms with Crippen LogP contribution in [0.2, 0.25) is 0 Å². The highest BCUT2D eigenvalue weighted by atomic mass is 79.9. The number of hydrogen-bond acceptors (Lipinski definition) is 2. The van der Waals surface area contributed by atoms with Gasteiger partial charge in [0, 0.05) is 15.4 Å². The zero-order chi connectivity index (χ0) is 14.7. The minimum absolute atomic E-state index is 0.459. The highest BCUT2D eigenvalue weighted by Crippen LogP contribution is 2.40. The molecule has 112 valence electrons. The van der Waals surface area contributed by atoms with Crippen LogP contribution in [0.5, 0.6) is 0 Å². The Balaban J connectivity index is 1.83. The average molecular weight is 364 g/mol. The van der Waals surface area contributed by atoms with E-state index in [0.717, 1.165) is 6.54 Å². The van der Waals surface area contributed by atoms with E-state index in [1.165, 1.54) is 35.0 Å². The van der Waals surface area contributed by atoms with Gasteiger partial charge in [0.2, 0.25) is 0 Å². The van der Waals surface area contributed by atoms with E-state index in [9.17, 15) is 0 Å². The first kappa shape index (κ1) is 15.3. The largest absolute Gasteiger partial charge is 0.309 e. The molecule has 3 rings (SSSR count). The second-order valence-electron chi connectivity index (χ2n) is 5.77. The summed E-state index contributed by atoms with van der Waals surface area (Å²) in [7, 11) is 0. The lowest BCUT2D eigenvalue weighted by Crippen LogP contribution is -2.24. The van der Waals surface area contributed by atoms with Crippen molar-refractivity contribution in [1.82, 2.24) is 5.32 Å². The molecule has 3 heteroatoms. The van der Waals surface area contributed by atoms with Crippen molar-refractivity contribution in [3.8, 4) is 0 Å². The minimum atomic E-state index is 0.459. The van der Waals surface area contributed by atoms with Crippen LogP contribution in [0.3, 0.4) is 0 Å². The van der Waals surface area contributed by atoms with Crippen LogP contribution in [0.15, 0.2) is 40.2 Å². The number of benzene rings is 1. The highest BCUT2D eigenvalue weighted by Gasteiger charge is 2.25. The maximum atomic E-state index is 3.70. The molecule has 0 saturated heterocycles. The molecule has 1 aromatic carbocycles. The van der Waals surface area contributed by atoms with Crippen molar-refractivity contribution >= 4 is 27.3 Å². The standard InChI is InChI=1S/C18H22BrNS/c1-2-20-17(18-16(19)10-11-21-18)12-14-8-5-7-13-6-3-4-9-15(13)14/h3-4,6,9-11,14,17,20H,2,5,7-8,12H2,1H3. The first-order valence-corrected chi connectivity index (χ1v) is 9.51. The topological polar surface area (TPSA) is 12.0 Å². The van der Waals surface area contributed by atoms with Crippen LogP contribution in [-0.4, -0.2) is 6.54 Å². The maximum Gasteiger partial charge on any atom is 0.0431 e. The quantitative estimate of drug-likeness (QED) is 0.721. The minimum Gasteiger partial charge on any atom is -0.309 e. The van der Waals surface area contributed by atoms with Crippen LogP contribution < -0.4 is 5.32 Å². The third-order valence-electron chi connectivity index (χ3n) is 4.43. The lowest BCUT2D eigenvalue weighted by Gasteiger charge is -2.29. The first-order valence-electron chi connectivity index (χ1n) is 7.83. The number of hydrogen-bond donors (Lipinski definition) is 1. The molecule has 1 N–H and O–H groups in total. The number of rotatable bonds is 5. The molecule has 0 saturated carbocycles. The van der Waals surface area contributed by atoms with Crippen molar-refractivity contribution in [2.24, 2.45) is 0 Å². The lowest BCUT2D eigenvalue weighted by molar-refractivity contribution is 0.429. The Morgan fingerprint density at radius 1 is 1.33 bits per heavy atom. The van der Waals surface area contributed by atoms with E-state index >= 15 is 0 Å². The van der Waals surface area contributed by atoms with E-state index < -0.39 is 0 Å². The summed E-state index contributed by atoms with van der Waals surface area (Å²) in [6.07, 6.45) is 5.10. The summed E-state index contributed by atoms with van der Waals surface area (Å²) in [6.45, 7) is 3.21. The van der Waals surface area contributed by atoms with Crippen LogP contribution in [0, 0.1) is 0 Å². The van der Waals surface area contributed by atoms with E-state index in [1.807, 2.05) is 11.3 Å². The number of thiophene rings is 1. The van der Waals surface area contributed by atoms with Gasteiger partial charge in [-0.3, -0.25) is 0 Å². The molecular weight excluding hydrogens is 342 g/mol. The fourth-order valence-electron chi connectivity index (χ4n) is 3.47. The third-order valence-corrected chi connectivity index (χ3v) is 6.41. The molecule has 0 amide bonds. The van der Waals surface area contributed by atoms with Crippen LogP contribution in [0.25, 0.3) is 0 Å². The van der Waals surface area contributed by atoms with Crippen LogP contribution in [0.4, 0.5) is 0 Å². The van der Waals surface area contributed by atoms with Gasteiger partial charge in [0.1, 0.15) is 0 Å². The van der Waals surface area contributed by atoms with Gasteiger partial charge in [0.05, 0.1) is 0 Å². The molecule has 0 radical (unpaired) electrons. The van der Waals surface area contributed by atoms with E-state index in [0.29, 0.717) is 12.0 Å². The first-order chi connectivity index (χ1) is 10.3. The van der Waals surface area contributed by atoms with Crippen LogP contribution >= 0.6 is 27.3 Å². The smallest absolute Gasteiger partial charge is 0.0431 e. The molecule has 1 nitrogen and oxygen atoms in total. The molecule has 1 heterocycles. The van der Waals surface area contributed by atoms with E-state index in [2.05, 4.69) is 63.9 Å². The van der Waals surface area contributed by atoms with Gasteiger partial charge in [-0.1, -0.05) is 31.2 Å². The van der Waals surface area contributed by atoms with Crippen molar-refractivity contribution in [2.45, 2.75) is 44.6 Å².